The lowest BCUT2D eigenvalue weighted by molar-refractivity contribution is -0.168. The summed E-state index contributed by atoms with van der Waals surface area (Å²) < 4.78 is 12.3. The minimum Gasteiger partial charge on any atom is -0.497 e. The zero-order valence-corrected chi connectivity index (χ0v) is 21.4. The topological polar surface area (TPSA) is 117 Å². The van der Waals surface area contributed by atoms with Crippen molar-refractivity contribution in [1.29, 1.82) is 0 Å². The monoisotopic (exact) mass is 505 g/mol. The summed E-state index contributed by atoms with van der Waals surface area (Å²) in [6.45, 7) is 5.97. The molecule has 3 heterocycles. The molecule has 0 fully saturated rings. The molecule has 0 bridgehead atoms. The number of rotatable bonds is 10. The second-order valence-electron chi connectivity index (χ2n) is 9.02. The Morgan fingerprint density at radius 1 is 1.16 bits per heavy atom. The zero-order chi connectivity index (χ0) is 26.4. The molecule has 194 valence electrons. The largest absolute Gasteiger partial charge is 0.497 e. The number of hydrogen-bond donors (Lipinski definition) is 1. The molecular formula is C27H31N5O5. The maximum absolute atomic E-state index is 13.1. The highest BCUT2D eigenvalue weighted by Gasteiger charge is 2.48. The van der Waals surface area contributed by atoms with Crippen molar-refractivity contribution in [2.24, 2.45) is 5.16 Å². The van der Waals surface area contributed by atoms with E-state index in [2.05, 4.69) is 20.6 Å². The first-order valence-corrected chi connectivity index (χ1v) is 12.2. The molecule has 10 nitrogen and oxygen atoms in total. The zero-order valence-electron chi connectivity index (χ0n) is 21.4. The van der Waals surface area contributed by atoms with Gasteiger partial charge in [-0.25, -0.2) is 4.79 Å². The van der Waals surface area contributed by atoms with Gasteiger partial charge in [0.2, 0.25) is 5.60 Å². The molecule has 0 saturated heterocycles. The molecule has 1 aliphatic rings. The number of nitrogens with one attached hydrogen (secondary N) is 1. The van der Waals surface area contributed by atoms with Crippen LogP contribution < -0.4 is 10.1 Å². The van der Waals surface area contributed by atoms with Crippen LogP contribution in [0.15, 0.2) is 59.9 Å². The predicted octanol–water partition coefficient (Wildman–Crippen LogP) is 3.59. The highest BCUT2D eigenvalue weighted by Crippen LogP contribution is 2.31. The molecule has 1 atom stereocenters. The summed E-state index contributed by atoms with van der Waals surface area (Å²) in [4.78, 5) is 36.1. The van der Waals surface area contributed by atoms with Crippen molar-refractivity contribution in [2.45, 2.75) is 45.3 Å². The van der Waals surface area contributed by atoms with Crippen molar-refractivity contribution in [2.75, 3.05) is 20.3 Å². The summed E-state index contributed by atoms with van der Waals surface area (Å²) >= 11 is 0. The number of pyridine rings is 1. The standard InChI is InChI=1S/C27H31N5O5/c1-5-36-26(34)27(15-19-9-8-10-21(13-19)35-4)16-20(31-37-27)17-29-25(33)24-14-23(30-32(24)18(2)3)22-11-6-7-12-28-22/h6-14,18H,5,15-17H2,1-4H3,(H,29,33). The van der Waals surface area contributed by atoms with E-state index in [0.29, 0.717) is 28.5 Å². The number of esters is 1. The van der Waals surface area contributed by atoms with Crippen LogP contribution >= 0.6 is 0 Å². The van der Waals surface area contributed by atoms with Crippen LogP contribution in [0.4, 0.5) is 0 Å². The van der Waals surface area contributed by atoms with Crippen LogP contribution in [-0.4, -0.2) is 58.2 Å². The van der Waals surface area contributed by atoms with E-state index in [9.17, 15) is 9.59 Å². The number of benzene rings is 1. The van der Waals surface area contributed by atoms with Crippen molar-refractivity contribution in [3.63, 3.8) is 0 Å². The molecule has 1 aliphatic heterocycles. The molecule has 1 amide bonds. The summed E-state index contributed by atoms with van der Waals surface area (Å²) in [5.41, 5.74) is 1.76. The number of amides is 1. The highest BCUT2D eigenvalue weighted by atomic mass is 16.7. The number of methoxy groups -OCH3 is 1. The van der Waals surface area contributed by atoms with E-state index in [0.717, 1.165) is 5.56 Å². The molecule has 0 spiro atoms. The van der Waals surface area contributed by atoms with Crippen LogP contribution in [0.25, 0.3) is 11.4 Å². The van der Waals surface area contributed by atoms with Gasteiger partial charge < -0.3 is 19.6 Å². The lowest BCUT2D eigenvalue weighted by Crippen LogP contribution is -2.43. The van der Waals surface area contributed by atoms with E-state index >= 15 is 0 Å². The van der Waals surface area contributed by atoms with Gasteiger partial charge in [0, 0.05) is 25.1 Å². The maximum atomic E-state index is 13.1. The number of carbonyl (C=O) groups is 2. The van der Waals surface area contributed by atoms with Crippen LogP contribution in [0.3, 0.4) is 0 Å². The van der Waals surface area contributed by atoms with E-state index in [1.165, 1.54) is 0 Å². The Bertz CT molecular complexity index is 1290. The van der Waals surface area contributed by atoms with Crippen molar-refractivity contribution < 1.29 is 23.9 Å². The van der Waals surface area contributed by atoms with Gasteiger partial charge in [0.05, 0.1) is 31.7 Å². The molecule has 1 unspecified atom stereocenters. The lowest BCUT2D eigenvalue weighted by Gasteiger charge is -2.24. The molecule has 1 aromatic carbocycles. The number of carbonyl (C=O) groups excluding carboxylic acids is 2. The summed E-state index contributed by atoms with van der Waals surface area (Å²) in [7, 11) is 1.58. The third-order valence-electron chi connectivity index (χ3n) is 5.95. The van der Waals surface area contributed by atoms with Gasteiger partial charge in [-0.2, -0.15) is 5.10 Å². The van der Waals surface area contributed by atoms with Gasteiger partial charge in [-0.3, -0.25) is 14.5 Å². The Kier molecular flexibility index (Phi) is 7.86. The summed E-state index contributed by atoms with van der Waals surface area (Å²) in [6.07, 6.45) is 2.12. The molecule has 0 aliphatic carbocycles. The maximum Gasteiger partial charge on any atom is 0.354 e. The van der Waals surface area contributed by atoms with E-state index in [-0.39, 0.29) is 37.9 Å². The summed E-state index contributed by atoms with van der Waals surface area (Å²) in [5.74, 6) is -0.136. The first kappa shape index (κ1) is 25.9. The summed E-state index contributed by atoms with van der Waals surface area (Å²) in [5, 5.41) is 11.6. The van der Waals surface area contributed by atoms with Crippen LogP contribution in [0.1, 0.15) is 49.3 Å². The highest BCUT2D eigenvalue weighted by molar-refractivity contribution is 5.99. The molecule has 0 radical (unpaired) electrons. The Labute approximate surface area is 215 Å². The number of oxime groups is 1. The van der Waals surface area contributed by atoms with Crippen LogP contribution in [-0.2, 0) is 20.8 Å². The Balaban J connectivity index is 1.47. The third kappa shape index (κ3) is 5.79. The molecule has 10 heteroatoms. The number of ether oxygens (including phenoxy) is 2. The quantitative estimate of drug-likeness (QED) is 0.419. The fraction of sp³-hybridized carbons (Fsp3) is 0.370. The molecule has 1 N–H and O–H groups in total. The van der Waals surface area contributed by atoms with Crippen LogP contribution in [0, 0.1) is 0 Å². The van der Waals surface area contributed by atoms with E-state index in [1.54, 1.807) is 31.0 Å². The van der Waals surface area contributed by atoms with Crippen molar-refractivity contribution in [1.82, 2.24) is 20.1 Å². The van der Waals surface area contributed by atoms with Gasteiger partial charge in [-0.1, -0.05) is 23.4 Å². The minimum atomic E-state index is -1.31. The van der Waals surface area contributed by atoms with E-state index < -0.39 is 11.6 Å². The van der Waals surface area contributed by atoms with Crippen molar-refractivity contribution in [3.8, 4) is 17.1 Å². The first-order valence-electron chi connectivity index (χ1n) is 12.2. The molecule has 2 aromatic heterocycles. The Morgan fingerprint density at radius 2 is 2.00 bits per heavy atom. The lowest BCUT2D eigenvalue weighted by atomic mass is 9.89. The second-order valence-corrected chi connectivity index (χ2v) is 9.02. The Hall–Kier alpha value is -4.21. The smallest absolute Gasteiger partial charge is 0.354 e. The van der Waals surface area contributed by atoms with Gasteiger partial charge in [-0.05, 0) is 56.7 Å². The molecule has 0 saturated carbocycles. The average molecular weight is 506 g/mol. The number of hydrogen-bond acceptors (Lipinski definition) is 8. The fourth-order valence-electron chi connectivity index (χ4n) is 4.16. The van der Waals surface area contributed by atoms with Gasteiger partial charge in [-0.15, -0.1) is 0 Å². The van der Waals surface area contributed by atoms with Crippen molar-refractivity contribution in [3.05, 3.63) is 66.0 Å². The SMILES string of the molecule is CCOC(=O)C1(Cc2cccc(OC)c2)CC(CNC(=O)c2cc(-c3ccccn3)nn2C(C)C)=NO1. The molecule has 37 heavy (non-hydrogen) atoms. The molecule has 3 aromatic rings. The van der Waals surface area contributed by atoms with Crippen LogP contribution in [0.2, 0.25) is 0 Å². The van der Waals surface area contributed by atoms with E-state index in [4.69, 9.17) is 14.3 Å². The number of aromatic nitrogens is 3. The van der Waals surface area contributed by atoms with Gasteiger partial charge in [0.1, 0.15) is 17.1 Å². The van der Waals surface area contributed by atoms with Crippen LogP contribution in [0.5, 0.6) is 5.75 Å². The predicted molar refractivity (Wildman–Crippen MR) is 137 cm³/mol. The third-order valence-corrected chi connectivity index (χ3v) is 5.95. The Morgan fingerprint density at radius 3 is 2.70 bits per heavy atom. The molecule has 4 rings (SSSR count). The molecular weight excluding hydrogens is 474 g/mol. The second kappa shape index (κ2) is 11.2. The van der Waals surface area contributed by atoms with E-state index in [1.807, 2.05) is 56.3 Å². The first-order chi connectivity index (χ1) is 17.8. The van der Waals surface area contributed by atoms with Gasteiger partial charge in [0.15, 0.2) is 0 Å². The summed E-state index contributed by atoms with van der Waals surface area (Å²) in [6, 6.07) is 14.6. The minimum absolute atomic E-state index is 0.0373. The fourth-order valence-corrected chi connectivity index (χ4v) is 4.16. The average Bonchev–Trinajstić information content (AvgIpc) is 3.54. The number of nitrogens with zero attached hydrogens (tertiary/aromatic N) is 4. The normalized spacial score (nSPS) is 16.7. The van der Waals surface area contributed by atoms with Crippen molar-refractivity contribution >= 4 is 17.6 Å². The van der Waals surface area contributed by atoms with Gasteiger partial charge in [0.25, 0.3) is 5.91 Å². The van der Waals surface area contributed by atoms with Gasteiger partial charge >= 0.3 is 5.97 Å².